The Labute approximate surface area is 213 Å². The minimum Gasteiger partial charge on any atom is -0.634 e. The van der Waals surface area contributed by atoms with Gasteiger partial charge in [0, 0.05) is 29.7 Å². The summed E-state index contributed by atoms with van der Waals surface area (Å²) in [5.41, 5.74) is 10.2. The van der Waals surface area contributed by atoms with Gasteiger partial charge in [-0.05, 0) is 35.4 Å². The average molecular weight is 492 g/mol. The normalized spacial score (nSPS) is 11.8. The van der Waals surface area contributed by atoms with Crippen molar-refractivity contribution in [2.24, 2.45) is 5.73 Å². The number of primary amides is 1. The molecule has 1 amide bonds. The van der Waals surface area contributed by atoms with Crippen molar-refractivity contribution in [1.29, 1.82) is 0 Å². The molecule has 1 unspecified atom stereocenters. The molecule has 2 aromatic carbocycles. The van der Waals surface area contributed by atoms with Crippen molar-refractivity contribution in [3.63, 3.8) is 0 Å². The zero-order valence-electron chi connectivity index (χ0n) is 20.0. The number of quaternary nitrogens is 1. The van der Waals surface area contributed by atoms with E-state index in [1.54, 1.807) is 18.6 Å². The molecule has 0 aliphatic carbocycles. The predicted octanol–water partition coefficient (Wildman–Crippen LogP) is 2.73. The average Bonchev–Trinajstić information content (AvgIpc) is 2.92. The lowest BCUT2D eigenvalue weighted by molar-refractivity contribution is -0.853. The molecule has 9 heteroatoms. The Morgan fingerprint density at radius 2 is 1.78 bits per heavy atom. The van der Waals surface area contributed by atoms with Crippen molar-refractivity contribution < 1.29 is 9.86 Å². The molecule has 3 heterocycles. The number of fused-ring (bicyclic) bond motifs is 1. The smallest absolute Gasteiger partial charge is 0.272 e. The first-order valence-corrected chi connectivity index (χ1v) is 11.8. The van der Waals surface area contributed by atoms with Gasteiger partial charge in [-0.3, -0.25) is 14.8 Å². The summed E-state index contributed by atoms with van der Waals surface area (Å²) < 4.78 is 0. The summed E-state index contributed by atoms with van der Waals surface area (Å²) in [5.74, 6) is 0.489. The molecule has 5 aromatic rings. The maximum Gasteiger partial charge on any atom is 0.272 e. The lowest BCUT2D eigenvalue weighted by Crippen LogP contribution is -3.07. The van der Waals surface area contributed by atoms with Crippen LogP contribution in [0.25, 0.3) is 33.4 Å². The van der Waals surface area contributed by atoms with Gasteiger partial charge >= 0.3 is 0 Å². The van der Waals surface area contributed by atoms with Crippen LogP contribution >= 0.6 is 0 Å². The number of carbonyl (C=O) groups excluding carboxylic acids is 1. The minimum absolute atomic E-state index is 0.0559. The third-order valence-corrected chi connectivity index (χ3v) is 5.80. The number of amides is 1. The van der Waals surface area contributed by atoms with Crippen molar-refractivity contribution >= 4 is 22.6 Å². The van der Waals surface area contributed by atoms with E-state index in [-0.39, 0.29) is 18.2 Å². The second-order valence-corrected chi connectivity index (χ2v) is 8.58. The van der Waals surface area contributed by atoms with Crippen LogP contribution in [-0.4, -0.2) is 32.4 Å². The van der Waals surface area contributed by atoms with Gasteiger partial charge in [0.05, 0.1) is 23.1 Å². The summed E-state index contributed by atoms with van der Waals surface area (Å²) in [5, 5.41) is 16.2. The number of aromatic nitrogens is 4. The van der Waals surface area contributed by atoms with Gasteiger partial charge in [0.25, 0.3) is 5.91 Å². The number of hydrogen-bond donors (Lipinski definition) is 3. The fourth-order valence-corrected chi connectivity index (χ4v) is 4.17. The molecular weight excluding hydrogens is 466 g/mol. The number of nitrogens with zero attached hydrogens (tertiary/aromatic N) is 4. The van der Waals surface area contributed by atoms with E-state index in [1.165, 1.54) is 0 Å². The number of nitrogens with two attached hydrogens (primary N) is 1. The molecule has 0 saturated carbocycles. The third-order valence-electron chi connectivity index (χ3n) is 5.80. The number of anilines is 1. The lowest BCUT2D eigenvalue weighted by Gasteiger charge is -2.20. The molecule has 0 saturated heterocycles. The van der Waals surface area contributed by atoms with Crippen LogP contribution in [0, 0.1) is 5.21 Å². The number of rotatable bonds is 9. The molecule has 0 fully saturated rings. The van der Waals surface area contributed by atoms with E-state index in [4.69, 9.17) is 15.7 Å². The molecule has 0 bridgehead atoms. The highest BCUT2D eigenvalue weighted by atomic mass is 16.5. The zero-order chi connectivity index (χ0) is 25.6. The van der Waals surface area contributed by atoms with Crippen molar-refractivity contribution in [3.8, 4) is 22.5 Å². The number of pyridine rings is 2. The van der Waals surface area contributed by atoms with E-state index in [1.807, 2.05) is 54.6 Å². The summed E-state index contributed by atoms with van der Waals surface area (Å²) in [6.07, 6.45) is 5.01. The van der Waals surface area contributed by atoms with Crippen LogP contribution in [0.2, 0.25) is 0 Å². The first kappa shape index (κ1) is 24.0. The van der Waals surface area contributed by atoms with Gasteiger partial charge < -0.3 is 21.3 Å². The monoisotopic (exact) mass is 491 g/mol. The van der Waals surface area contributed by atoms with Gasteiger partial charge in [0.15, 0.2) is 12.4 Å². The van der Waals surface area contributed by atoms with Crippen LogP contribution in [0.4, 0.5) is 5.82 Å². The van der Waals surface area contributed by atoms with Crippen molar-refractivity contribution in [3.05, 3.63) is 108 Å². The van der Waals surface area contributed by atoms with Gasteiger partial charge in [-0.2, -0.15) is 0 Å². The Bertz CT molecular complexity index is 1530. The molecule has 4 N–H and O–H groups in total. The van der Waals surface area contributed by atoms with E-state index in [0.717, 1.165) is 27.7 Å². The number of hydroxylamine groups is 2. The standard InChI is InChI=1S/C28H25N7O2/c29-25(36)18-35(37)17-19-13-21(15-30-14-19)27-33-24-11-6-10-23(20-7-2-1-3-8-20)26(24)28(34-27)32-16-22-9-4-5-12-31-22/h1-15,35H,16-18H2,(H2,29,36)(H,32,33,34). The van der Waals surface area contributed by atoms with Crippen LogP contribution < -0.4 is 16.1 Å². The van der Waals surface area contributed by atoms with Crippen LogP contribution in [0.3, 0.4) is 0 Å². The Balaban J connectivity index is 1.58. The molecule has 0 aliphatic heterocycles. The SMILES string of the molecule is NC(=O)C[NH+]([O-])Cc1cncc(-c2nc(NCc3ccccn3)c3c(-c4ccccc4)cccc3n2)c1. The maximum absolute atomic E-state index is 12.1. The highest BCUT2D eigenvalue weighted by Crippen LogP contribution is 2.34. The first-order valence-electron chi connectivity index (χ1n) is 11.8. The molecule has 9 nitrogen and oxygen atoms in total. The van der Waals surface area contributed by atoms with Gasteiger partial charge in [0.1, 0.15) is 12.4 Å². The second kappa shape index (κ2) is 10.9. The second-order valence-electron chi connectivity index (χ2n) is 8.58. The lowest BCUT2D eigenvalue weighted by atomic mass is 10.0. The van der Waals surface area contributed by atoms with Crippen LogP contribution in [0.5, 0.6) is 0 Å². The molecule has 3 aromatic heterocycles. The van der Waals surface area contributed by atoms with Gasteiger partial charge in [-0.15, -0.1) is 0 Å². The Kier molecular flexibility index (Phi) is 7.07. The van der Waals surface area contributed by atoms with Gasteiger partial charge in [-0.25, -0.2) is 9.97 Å². The van der Waals surface area contributed by atoms with E-state index in [0.29, 0.717) is 29.3 Å². The van der Waals surface area contributed by atoms with Crippen molar-refractivity contribution in [2.75, 3.05) is 11.9 Å². The molecule has 184 valence electrons. The van der Waals surface area contributed by atoms with Crippen molar-refractivity contribution in [1.82, 2.24) is 19.9 Å². The Morgan fingerprint density at radius 1 is 0.946 bits per heavy atom. The van der Waals surface area contributed by atoms with E-state index in [2.05, 4.69) is 33.5 Å². The summed E-state index contributed by atoms with van der Waals surface area (Å²) in [6.45, 7) is 0.232. The first-order chi connectivity index (χ1) is 18.1. The topological polar surface area (TPSA) is 134 Å². The molecule has 0 radical (unpaired) electrons. The Hall–Kier alpha value is -4.73. The van der Waals surface area contributed by atoms with E-state index >= 15 is 0 Å². The number of carbonyl (C=O) groups is 1. The molecular formula is C28H25N7O2. The largest absolute Gasteiger partial charge is 0.634 e. The fraction of sp³-hybridized carbons (Fsp3) is 0.107. The fourth-order valence-electron chi connectivity index (χ4n) is 4.17. The molecule has 0 spiro atoms. The molecule has 5 rings (SSSR count). The van der Waals surface area contributed by atoms with Crippen LogP contribution in [0.15, 0.2) is 91.4 Å². The number of benzene rings is 2. The highest BCUT2D eigenvalue weighted by Gasteiger charge is 2.15. The van der Waals surface area contributed by atoms with Gasteiger partial charge in [0.2, 0.25) is 0 Å². The number of hydrogen-bond acceptors (Lipinski definition) is 7. The van der Waals surface area contributed by atoms with E-state index in [9.17, 15) is 10.0 Å². The minimum atomic E-state index is -0.648. The maximum atomic E-state index is 12.1. The van der Waals surface area contributed by atoms with Crippen LogP contribution in [0.1, 0.15) is 11.3 Å². The molecule has 1 atom stereocenters. The summed E-state index contributed by atoms with van der Waals surface area (Å²) in [6, 6.07) is 23.7. The predicted molar refractivity (Wildman–Crippen MR) is 142 cm³/mol. The zero-order valence-corrected chi connectivity index (χ0v) is 20.0. The number of nitrogens with one attached hydrogen (secondary N) is 2. The summed E-state index contributed by atoms with van der Waals surface area (Å²) >= 11 is 0. The van der Waals surface area contributed by atoms with Gasteiger partial charge in [-0.1, -0.05) is 48.5 Å². The highest BCUT2D eigenvalue weighted by molar-refractivity contribution is 6.02. The van der Waals surface area contributed by atoms with E-state index < -0.39 is 5.91 Å². The third kappa shape index (κ3) is 5.75. The summed E-state index contributed by atoms with van der Waals surface area (Å²) in [4.78, 5) is 29.5. The van der Waals surface area contributed by atoms with Crippen molar-refractivity contribution in [2.45, 2.75) is 13.1 Å². The molecule has 0 aliphatic rings. The Morgan fingerprint density at radius 3 is 2.57 bits per heavy atom. The van der Waals surface area contributed by atoms with Crippen LogP contribution in [-0.2, 0) is 17.9 Å². The quantitative estimate of drug-likeness (QED) is 0.270. The summed E-state index contributed by atoms with van der Waals surface area (Å²) in [7, 11) is 0. The molecule has 37 heavy (non-hydrogen) atoms.